The van der Waals surface area contributed by atoms with Crippen molar-refractivity contribution in [3.63, 3.8) is 0 Å². The molecule has 146 valence electrons. The van der Waals surface area contributed by atoms with E-state index in [-0.39, 0.29) is 23.4 Å². The molecule has 2 aromatic carbocycles. The Morgan fingerprint density at radius 2 is 1.78 bits per heavy atom. The normalized spacial score (nSPS) is 12.8. The van der Waals surface area contributed by atoms with E-state index in [1.54, 1.807) is 12.1 Å². The second kappa shape index (κ2) is 9.15. The predicted molar refractivity (Wildman–Crippen MR) is 108 cm³/mol. The highest BCUT2D eigenvalue weighted by Crippen LogP contribution is 2.18. The Bertz CT molecular complexity index is 875. The minimum atomic E-state index is -3.30. The quantitative estimate of drug-likeness (QED) is 0.728. The monoisotopic (exact) mass is 389 g/mol. The molecule has 0 aromatic heterocycles. The fraction of sp³-hybridized carbons (Fsp3) is 0.381. The number of anilines is 1. The van der Waals surface area contributed by atoms with E-state index in [4.69, 9.17) is 0 Å². The van der Waals surface area contributed by atoms with Crippen molar-refractivity contribution in [3.8, 4) is 0 Å². The third kappa shape index (κ3) is 6.19. The number of amides is 1. The van der Waals surface area contributed by atoms with Crippen LogP contribution in [0.5, 0.6) is 0 Å². The molecule has 27 heavy (non-hydrogen) atoms. The van der Waals surface area contributed by atoms with E-state index in [2.05, 4.69) is 50.4 Å². The molecule has 1 atom stereocenters. The molecule has 0 aliphatic rings. The number of carbonyl (C=O) groups is 1. The first-order valence-electron chi connectivity index (χ1n) is 9.23. The summed E-state index contributed by atoms with van der Waals surface area (Å²) in [7, 11) is -3.30. The molecule has 5 nitrogen and oxygen atoms in total. The average molecular weight is 390 g/mol. The summed E-state index contributed by atoms with van der Waals surface area (Å²) in [6.07, 6.45) is 2.16. The predicted octanol–water partition coefficient (Wildman–Crippen LogP) is 2.55. The molecule has 0 spiro atoms. The molecule has 1 amide bonds. The summed E-state index contributed by atoms with van der Waals surface area (Å²) in [5, 5.41) is 4.81. The molecule has 2 aromatic rings. The Labute approximate surface area is 162 Å². The van der Waals surface area contributed by atoms with Gasteiger partial charge in [0.2, 0.25) is 0 Å². The molecule has 0 saturated carbocycles. The lowest BCUT2D eigenvalue weighted by atomic mass is 9.95. The van der Waals surface area contributed by atoms with Crippen LogP contribution in [0.25, 0.3) is 0 Å². The maximum absolute atomic E-state index is 12.3. The molecule has 0 aliphatic carbocycles. The van der Waals surface area contributed by atoms with Crippen molar-refractivity contribution in [3.05, 3.63) is 59.7 Å². The van der Waals surface area contributed by atoms with Crippen LogP contribution in [0.2, 0.25) is 0 Å². The zero-order chi connectivity index (χ0) is 20.0. The number of nitrogens with two attached hydrogens (primary N) is 1. The highest BCUT2D eigenvalue weighted by molar-refractivity contribution is 7.90. The molecule has 0 bridgehead atoms. The summed E-state index contributed by atoms with van der Waals surface area (Å²) in [5.41, 5.74) is 2.99. The van der Waals surface area contributed by atoms with Crippen LogP contribution >= 0.6 is 0 Å². The van der Waals surface area contributed by atoms with Gasteiger partial charge in [-0.05, 0) is 30.2 Å². The van der Waals surface area contributed by atoms with Crippen LogP contribution in [0.1, 0.15) is 37.9 Å². The van der Waals surface area contributed by atoms with E-state index in [1.807, 2.05) is 5.32 Å². The van der Waals surface area contributed by atoms with Crippen LogP contribution < -0.4 is 10.6 Å². The maximum Gasteiger partial charge on any atom is 0.279 e. The summed E-state index contributed by atoms with van der Waals surface area (Å²) in [6.45, 7) is 6.68. The van der Waals surface area contributed by atoms with Gasteiger partial charge < -0.3 is 10.6 Å². The molecule has 0 saturated heterocycles. The van der Waals surface area contributed by atoms with Gasteiger partial charge in [0.25, 0.3) is 5.91 Å². The summed E-state index contributed by atoms with van der Waals surface area (Å²) >= 11 is 0. The standard InChI is InChI=1S/C21H28N2O3S/c1-5-16-9-11-17(12-10-16)21(15(2)3)22-14-20(24)23-18-7-6-8-19(13-18)27(4,25)26/h6-13,15,21-22H,5,14H2,1-4H3,(H,23,24)/p+1/t21-/m1/s1. The Kier molecular flexibility index (Phi) is 7.16. The number of quaternary nitrogens is 1. The number of carbonyl (C=O) groups excluding carboxylic acids is 1. The topological polar surface area (TPSA) is 79.8 Å². The van der Waals surface area contributed by atoms with Crippen LogP contribution in [-0.4, -0.2) is 27.1 Å². The molecule has 3 N–H and O–H groups in total. The molecule has 0 fully saturated rings. The van der Waals surface area contributed by atoms with E-state index in [1.165, 1.54) is 23.3 Å². The van der Waals surface area contributed by atoms with Crippen molar-refractivity contribution in [1.29, 1.82) is 0 Å². The highest BCUT2D eigenvalue weighted by Gasteiger charge is 2.20. The lowest BCUT2D eigenvalue weighted by Crippen LogP contribution is -2.88. The van der Waals surface area contributed by atoms with Crippen molar-refractivity contribution in [2.24, 2.45) is 5.92 Å². The van der Waals surface area contributed by atoms with Crippen molar-refractivity contribution in [2.45, 2.75) is 38.1 Å². The lowest BCUT2D eigenvalue weighted by Gasteiger charge is -2.20. The molecule has 0 radical (unpaired) electrons. The van der Waals surface area contributed by atoms with Gasteiger partial charge in [0.05, 0.1) is 4.90 Å². The molecule has 0 heterocycles. The smallest absolute Gasteiger partial charge is 0.279 e. The van der Waals surface area contributed by atoms with E-state index in [9.17, 15) is 13.2 Å². The van der Waals surface area contributed by atoms with Gasteiger partial charge >= 0.3 is 0 Å². The van der Waals surface area contributed by atoms with Gasteiger partial charge in [-0.25, -0.2) is 8.42 Å². The second-order valence-corrected chi connectivity index (χ2v) is 9.17. The van der Waals surface area contributed by atoms with Crippen LogP contribution in [0.15, 0.2) is 53.4 Å². The third-order valence-electron chi connectivity index (χ3n) is 4.59. The fourth-order valence-corrected chi connectivity index (χ4v) is 3.69. The number of hydrogen-bond acceptors (Lipinski definition) is 3. The summed E-state index contributed by atoms with van der Waals surface area (Å²) in [4.78, 5) is 12.5. The minimum Gasteiger partial charge on any atom is -0.332 e. The van der Waals surface area contributed by atoms with Crippen LogP contribution in [-0.2, 0) is 21.1 Å². The Morgan fingerprint density at radius 3 is 2.33 bits per heavy atom. The van der Waals surface area contributed by atoms with Crippen molar-refractivity contribution in [2.75, 3.05) is 18.1 Å². The largest absolute Gasteiger partial charge is 0.332 e. The lowest BCUT2D eigenvalue weighted by molar-refractivity contribution is -0.692. The molecular weight excluding hydrogens is 360 g/mol. The first-order valence-corrected chi connectivity index (χ1v) is 11.1. The number of aryl methyl sites for hydroxylation is 1. The summed E-state index contributed by atoms with van der Waals surface area (Å²) < 4.78 is 23.3. The second-order valence-electron chi connectivity index (χ2n) is 7.15. The Hall–Kier alpha value is -2.18. The number of rotatable bonds is 8. The van der Waals surface area contributed by atoms with Crippen LogP contribution in [0, 0.1) is 5.92 Å². The van der Waals surface area contributed by atoms with E-state index >= 15 is 0 Å². The maximum atomic E-state index is 12.3. The van der Waals surface area contributed by atoms with E-state index < -0.39 is 9.84 Å². The Balaban J connectivity index is 2.01. The van der Waals surface area contributed by atoms with Gasteiger partial charge in [0.1, 0.15) is 6.04 Å². The number of hydrogen-bond donors (Lipinski definition) is 2. The minimum absolute atomic E-state index is 0.156. The van der Waals surface area contributed by atoms with Crippen LogP contribution in [0.3, 0.4) is 0 Å². The van der Waals surface area contributed by atoms with Gasteiger partial charge in [-0.15, -0.1) is 0 Å². The van der Waals surface area contributed by atoms with Crippen molar-refractivity contribution >= 4 is 21.4 Å². The highest BCUT2D eigenvalue weighted by atomic mass is 32.2. The third-order valence-corrected chi connectivity index (χ3v) is 5.70. The average Bonchev–Trinajstić information content (AvgIpc) is 2.61. The van der Waals surface area contributed by atoms with Gasteiger partial charge in [0.15, 0.2) is 16.4 Å². The van der Waals surface area contributed by atoms with Crippen LogP contribution in [0.4, 0.5) is 5.69 Å². The molecule has 6 heteroatoms. The molecule has 0 unspecified atom stereocenters. The zero-order valence-corrected chi connectivity index (χ0v) is 17.2. The molecule has 0 aliphatic heterocycles. The SMILES string of the molecule is CCc1ccc([C@H]([NH2+]CC(=O)Nc2cccc(S(C)(=O)=O)c2)C(C)C)cc1. The van der Waals surface area contributed by atoms with Crippen molar-refractivity contribution in [1.82, 2.24) is 0 Å². The fourth-order valence-electron chi connectivity index (χ4n) is 3.02. The van der Waals surface area contributed by atoms with Gasteiger partial charge in [0, 0.05) is 23.4 Å². The molecule has 2 rings (SSSR count). The zero-order valence-electron chi connectivity index (χ0n) is 16.4. The van der Waals surface area contributed by atoms with Gasteiger partial charge in [-0.3, -0.25) is 4.79 Å². The van der Waals surface area contributed by atoms with E-state index in [0.717, 1.165) is 12.7 Å². The summed E-state index contributed by atoms with van der Waals surface area (Å²) in [5.74, 6) is 0.218. The number of sulfone groups is 1. The number of benzene rings is 2. The van der Waals surface area contributed by atoms with E-state index in [0.29, 0.717) is 11.6 Å². The summed E-state index contributed by atoms with van der Waals surface area (Å²) in [6, 6.07) is 15.0. The molecular formula is C21H29N2O3S+. The Morgan fingerprint density at radius 1 is 1.11 bits per heavy atom. The van der Waals surface area contributed by atoms with Gasteiger partial charge in [-0.2, -0.15) is 0 Å². The van der Waals surface area contributed by atoms with Gasteiger partial charge in [-0.1, -0.05) is 51.1 Å². The first-order chi connectivity index (χ1) is 12.7. The first kappa shape index (κ1) is 21.1. The number of nitrogens with one attached hydrogen (secondary N) is 1. The van der Waals surface area contributed by atoms with Crippen molar-refractivity contribution < 1.29 is 18.5 Å².